The van der Waals surface area contributed by atoms with Crippen molar-refractivity contribution < 1.29 is 5.21 Å². The van der Waals surface area contributed by atoms with E-state index in [-0.39, 0.29) is 5.84 Å². The van der Waals surface area contributed by atoms with Crippen molar-refractivity contribution in [3.63, 3.8) is 0 Å². The van der Waals surface area contributed by atoms with Crippen LogP contribution in [0.1, 0.15) is 22.6 Å². The van der Waals surface area contributed by atoms with E-state index in [2.05, 4.69) is 41.4 Å². The Balaban J connectivity index is 1.68. The van der Waals surface area contributed by atoms with Crippen LogP contribution in [0.5, 0.6) is 0 Å². The summed E-state index contributed by atoms with van der Waals surface area (Å²) in [5.74, 6) is 0.743. The summed E-state index contributed by atoms with van der Waals surface area (Å²) in [6.07, 6.45) is 1.16. The molecule has 2 aromatic carbocycles. The van der Waals surface area contributed by atoms with Gasteiger partial charge in [-0.25, -0.2) is 0 Å². The standard InChI is InChI=1S/C17H19N3O/c1-20(11-14-10-13-4-2-3-5-16(13)14)15-8-6-12(7-9-15)17(18)19-21/h2-9,14,21H,10-11H2,1H3,(H2,18,19). The highest BCUT2D eigenvalue weighted by atomic mass is 16.4. The smallest absolute Gasteiger partial charge is 0.170 e. The second-order valence-electron chi connectivity index (χ2n) is 5.51. The summed E-state index contributed by atoms with van der Waals surface area (Å²) in [7, 11) is 2.10. The number of benzene rings is 2. The van der Waals surface area contributed by atoms with Gasteiger partial charge in [0.15, 0.2) is 5.84 Å². The zero-order chi connectivity index (χ0) is 14.8. The van der Waals surface area contributed by atoms with Crippen molar-refractivity contribution in [3.05, 3.63) is 65.2 Å². The largest absolute Gasteiger partial charge is 0.409 e. The van der Waals surface area contributed by atoms with E-state index in [0.717, 1.165) is 24.2 Å². The number of oxime groups is 1. The molecule has 21 heavy (non-hydrogen) atoms. The van der Waals surface area contributed by atoms with Crippen molar-refractivity contribution in [2.45, 2.75) is 12.3 Å². The molecule has 0 fully saturated rings. The molecular weight excluding hydrogens is 262 g/mol. The van der Waals surface area contributed by atoms with Crippen LogP contribution in [0.2, 0.25) is 0 Å². The molecule has 0 bridgehead atoms. The first kappa shape index (κ1) is 13.5. The molecule has 0 amide bonds. The first-order chi connectivity index (χ1) is 10.2. The highest BCUT2D eigenvalue weighted by Gasteiger charge is 2.26. The van der Waals surface area contributed by atoms with Gasteiger partial charge in [0.1, 0.15) is 0 Å². The van der Waals surface area contributed by atoms with E-state index in [1.807, 2.05) is 24.3 Å². The summed E-state index contributed by atoms with van der Waals surface area (Å²) < 4.78 is 0. The van der Waals surface area contributed by atoms with Gasteiger partial charge in [-0.2, -0.15) is 0 Å². The number of fused-ring (bicyclic) bond motifs is 1. The molecule has 1 aliphatic carbocycles. The summed E-state index contributed by atoms with van der Waals surface area (Å²) in [5.41, 5.74) is 10.4. The van der Waals surface area contributed by atoms with E-state index in [0.29, 0.717) is 5.92 Å². The van der Waals surface area contributed by atoms with Gasteiger partial charge in [-0.15, -0.1) is 0 Å². The van der Waals surface area contributed by atoms with Gasteiger partial charge in [0.25, 0.3) is 0 Å². The zero-order valence-corrected chi connectivity index (χ0v) is 12.0. The average molecular weight is 281 g/mol. The highest BCUT2D eigenvalue weighted by molar-refractivity contribution is 5.97. The summed E-state index contributed by atoms with van der Waals surface area (Å²) in [5, 5.41) is 11.7. The van der Waals surface area contributed by atoms with E-state index in [4.69, 9.17) is 10.9 Å². The van der Waals surface area contributed by atoms with Crippen LogP contribution in [0.25, 0.3) is 0 Å². The van der Waals surface area contributed by atoms with Crippen LogP contribution in [0.4, 0.5) is 5.69 Å². The molecule has 4 heteroatoms. The number of likely N-dealkylation sites (N-methyl/N-ethyl adjacent to an activating group) is 1. The number of amidine groups is 1. The molecule has 0 saturated carbocycles. The van der Waals surface area contributed by atoms with Crippen LogP contribution in [-0.2, 0) is 6.42 Å². The third kappa shape index (κ3) is 2.57. The third-order valence-electron chi connectivity index (χ3n) is 4.17. The van der Waals surface area contributed by atoms with Crippen LogP contribution in [0, 0.1) is 0 Å². The Morgan fingerprint density at radius 1 is 1.24 bits per heavy atom. The number of hydrogen-bond acceptors (Lipinski definition) is 3. The molecule has 0 spiro atoms. The molecule has 3 rings (SSSR count). The molecule has 108 valence electrons. The van der Waals surface area contributed by atoms with Gasteiger partial charge >= 0.3 is 0 Å². The monoisotopic (exact) mass is 281 g/mol. The molecule has 1 atom stereocenters. The molecule has 1 unspecified atom stereocenters. The molecule has 3 N–H and O–H groups in total. The van der Waals surface area contributed by atoms with Crippen LogP contribution < -0.4 is 10.6 Å². The van der Waals surface area contributed by atoms with Gasteiger partial charge in [0.2, 0.25) is 0 Å². The lowest BCUT2D eigenvalue weighted by Gasteiger charge is -2.34. The maximum absolute atomic E-state index is 8.67. The second-order valence-corrected chi connectivity index (χ2v) is 5.51. The summed E-state index contributed by atoms with van der Waals surface area (Å²) in [4.78, 5) is 2.25. The van der Waals surface area contributed by atoms with E-state index >= 15 is 0 Å². The number of hydrogen-bond donors (Lipinski definition) is 2. The van der Waals surface area contributed by atoms with Gasteiger partial charge in [-0.05, 0) is 41.8 Å². The lowest BCUT2D eigenvalue weighted by atomic mass is 9.77. The maximum Gasteiger partial charge on any atom is 0.170 e. The van der Waals surface area contributed by atoms with Crippen molar-refractivity contribution in [3.8, 4) is 0 Å². The molecule has 0 heterocycles. The van der Waals surface area contributed by atoms with Gasteiger partial charge in [0, 0.05) is 30.8 Å². The predicted molar refractivity (Wildman–Crippen MR) is 85.1 cm³/mol. The van der Waals surface area contributed by atoms with Crippen LogP contribution in [-0.4, -0.2) is 24.6 Å². The summed E-state index contributed by atoms with van der Waals surface area (Å²) in [6.45, 7) is 1.000. The number of rotatable bonds is 4. The van der Waals surface area contributed by atoms with E-state index in [1.54, 1.807) is 0 Å². The third-order valence-corrected chi connectivity index (χ3v) is 4.17. The molecule has 0 aromatic heterocycles. The van der Waals surface area contributed by atoms with Gasteiger partial charge < -0.3 is 15.8 Å². The van der Waals surface area contributed by atoms with Crippen molar-refractivity contribution in [1.29, 1.82) is 0 Å². The first-order valence-corrected chi connectivity index (χ1v) is 7.06. The average Bonchev–Trinajstić information content (AvgIpc) is 2.52. The van der Waals surface area contributed by atoms with E-state index in [1.165, 1.54) is 11.1 Å². The van der Waals surface area contributed by atoms with Crippen molar-refractivity contribution in [1.82, 2.24) is 0 Å². The molecular formula is C17H19N3O. The molecule has 0 radical (unpaired) electrons. The van der Waals surface area contributed by atoms with E-state index in [9.17, 15) is 0 Å². The predicted octanol–water partition coefficient (Wildman–Crippen LogP) is 2.56. The Morgan fingerprint density at radius 2 is 1.95 bits per heavy atom. The van der Waals surface area contributed by atoms with Gasteiger partial charge in [-0.3, -0.25) is 0 Å². The fraction of sp³-hybridized carbons (Fsp3) is 0.235. The van der Waals surface area contributed by atoms with Gasteiger partial charge in [0.05, 0.1) is 0 Å². The quantitative estimate of drug-likeness (QED) is 0.392. The fourth-order valence-corrected chi connectivity index (χ4v) is 2.91. The Kier molecular flexibility index (Phi) is 3.52. The number of anilines is 1. The van der Waals surface area contributed by atoms with Crippen LogP contribution >= 0.6 is 0 Å². The Hall–Kier alpha value is -2.49. The van der Waals surface area contributed by atoms with E-state index < -0.39 is 0 Å². The second kappa shape index (κ2) is 5.48. The number of nitrogens with zero attached hydrogens (tertiary/aromatic N) is 2. The molecule has 1 aliphatic rings. The lowest BCUT2D eigenvalue weighted by molar-refractivity contribution is 0.318. The minimum absolute atomic E-state index is 0.136. The fourth-order valence-electron chi connectivity index (χ4n) is 2.91. The topological polar surface area (TPSA) is 61.8 Å². The summed E-state index contributed by atoms with van der Waals surface area (Å²) >= 11 is 0. The molecule has 0 aliphatic heterocycles. The Morgan fingerprint density at radius 3 is 2.62 bits per heavy atom. The van der Waals surface area contributed by atoms with Crippen LogP contribution in [0.15, 0.2) is 53.7 Å². The molecule has 4 nitrogen and oxygen atoms in total. The minimum atomic E-state index is 0.136. The SMILES string of the molecule is CN(CC1Cc2ccccc21)c1ccc(C(N)=NO)cc1. The number of nitrogens with two attached hydrogens (primary N) is 1. The molecule has 2 aromatic rings. The normalized spacial score (nSPS) is 17.0. The van der Waals surface area contributed by atoms with Crippen molar-refractivity contribution in [2.24, 2.45) is 10.9 Å². The minimum Gasteiger partial charge on any atom is -0.409 e. The van der Waals surface area contributed by atoms with Crippen molar-refractivity contribution >= 4 is 11.5 Å². The zero-order valence-electron chi connectivity index (χ0n) is 12.0. The van der Waals surface area contributed by atoms with Crippen LogP contribution in [0.3, 0.4) is 0 Å². The Bertz CT molecular complexity index is 664. The van der Waals surface area contributed by atoms with Crippen molar-refractivity contribution in [2.75, 3.05) is 18.5 Å². The lowest BCUT2D eigenvalue weighted by Crippen LogP contribution is -2.30. The van der Waals surface area contributed by atoms with Gasteiger partial charge in [-0.1, -0.05) is 29.4 Å². The maximum atomic E-state index is 8.67. The Labute approximate surface area is 124 Å². The first-order valence-electron chi connectivity index (χ1n) is 7.06. The highest BCUT2D eigenvalue weighted by Crippen LogP contribution is 2.35. The summed E-state index contributed by atoms with van der Waals surface area (Å²) in [6, 6.07) is 16.4. The molecule has 0 saturated heterocycles.